The second-order valence-corrected chi connectivity index (χ2v) is 6.07. The molecule has 0 aromatic carbocycles. The molecule has 8 nitrogen and oxygen atoms in total. The molecule has 0 aliphatic rings. The van der Waals surface area contributed by atoms with Gasteiger partial charge in [0.05, 0.1) is 30.2 Å². The summed E-state index contributed by atoms with van der Waals surface area (Å²) in [4.78, 5) is 12.0. The van der Waals surface area contributed by atoms with Crippen LogP contribution < -0.4 is 15.4 Å². The zero-order valence-corrected chi connectivity index (χ0v) is 15.0. The summed E-state index contributed by atoms with van der Waals surface area (Å²) in [6.07, 6.45) is 2.14. The van der Waals surface area contributed by atoms with E-state index in [0.29, 0.717) is 17.4 Å². The molecular weight excluding hydrogens is 356 g/mol. The molecule has 3 N–H and O–H groups in total. The van der Waals surface area contributed by atoms with Crippen molar-refractivity contribution in [1.29, 1.82) is 0 Å². The van der Waals surface area contributed by atoms with Gasteiger partial charge in [0, 0.05) is 6.07 Å². The van der Waals surface area contributed by atoms with Crippen molar-refractivity contribution in [2.45, 2.75) is 32.9 Å². The van der Waals surface area contributed by atoms with Gasteiger partial charge in [-0.1, -0.05) is 0 Å². The van der Waals surface area contributed by atoms with Crippen LogP contribution in [0.15, 0.2) is 30.6 Å². The van der Waals surface area contributed by atoms with Gasteiger partial charge in [-0.05, 0) is 32.9 Å². The molecule has 3 aromatic heterocycles. The first-order chi connectivity index (χ1) is 12.9. The van der Waals surface area contributed by atoms with Gasteiger partial charge in [-0.3, -0.25) is 10.1 Å². The maximum absolute atomic E-state index is 14.0. The van der Waals surface area contributed by atoms with E-state index in [1.165, 1.54) is 6.07 Å². The summed E-state index contributed by atoms with van der Waals surface area (Å²) in [5.41, 5.74) is 0.600. The average molecular weight is 375 g/mol. The highest BCUT2D eigenvalue weighted by Gasteiger charge is 2.13. The van der Waals surface area contributed by atoms with Crippen LogP contribution in [0.2, 0.25) is 0 Å². The lowest BCUT2D eigenvalue weighted by Crippen LogP contribution is -2.12. The second-order valence-electron chi connectivity index (χ2n) is 6.07. The zero-order valence-electron chi connectivity index (χ0n) is 15.0. The number of hydrogen-bond acceptors (Lipinski definition) is 7. The third kappa shape index (κ3) is 4.87. The highest BCUT2D eigenvalue weighted by atomic mass is 19.1. The predicted molar refractivity (Wildman–Crippen MR) is 95.9 cm³/mol. The monoisotopic (exact) mass is 375 g/mol. The molecule has 10 heteroatoms. The van der Waals surface area contributed by atoms with Gasteiger partial charge in [0.2, 0.25) is 11.8 Å². The number of rotatable bonds is 7. The summed E-state index contributed by atoms with van der Waals surface area (Å²) < 4.78 is 32.5. The number of H-pyrrole nitrogens is 1. The van der Waals surface area contributed by atoms with E-state index < -0.39 is 11.6 Å². The van der Waals surface area contributed by atoms with Crippen molar-refractivity contribution in [2.24, 2.45) is 0 Å². The molecule has 3 rings (SSSR count). The molecule has 0 fully saturated rings. The van der Waals surface area contributed by atoms with Crippen LogP contribution in [-0.2, 0) is 0 Å². The SMILES string of the molecule is CC(C)Oc1cc(Nc2nc(N[C@@H](C)c3ccc(F)cn3)ncc2F)[nH]n1. The maximum atomic E-state index is 14.0. The minimum absolute atomic E-state index is 0.0331. The molecule has 142 valence electrons. The Bertz CT molecular complexity index is 899. The molecule has 3 aromatic rings. The first-order valence-corrected chi connectivity index (χ1v) is 8.30. The van der Waals surface area contributed by atoms with Crippen molar-refractivity contribution in [3.05, 3.63) is 47.9 Å². The number of hydrogen-bond donors (Lipinski definition) is 3. The summed E-state index contributed by atoms with van der Waals surface area (Å²) in [7, 11) is 0. The maximum Gasteiger partial charge on any atom is 0.234 e. The van der Waals surface area contributed by atoms with E-state index in [1.54, 1.807) is 12.1 Å². The molecular formula is C17H19F2N7O. The van der Waals surface area contributed by atoms with E-state index in [1.807, 2.05) is 20.8 Å². The van der Waals surface area contributed by atoms with Crippen LogP contribution in [0, 0.1) is 11.6 Å². The van der Waals surface area contributed by atoms with Gasteiger partial charge in [-0.25, -0.2) is 13.8 Å². The van der Waals surface area contributed by atoms with Crippen molar-refractivity contribution in [3.63, 3.8) is 0 Å². The molecule has 3 heterocycles. The molecule has 0 saturated heterocycles. The summed E-state index contributed by atoms with van der Waals surface area (Å²) in [6, 6.07) is 4.16. The summed E-state index contributed by atoms with van der Waals surface area (Å²) >= 11 is 0. The van der Waals surface area contributed by atoms with Crippen LogP contribution >= 0.6 is 0 Å². The largest absolute Gasteiger partial charge is 0.474 e. The van der Waals surface area contributed by atoms with Gasteiger partial charge >= 0.3 is 0 Å². The molecule has 1 atom stereocenters. The molecule has 0 amide bonds. The van der Waals surface area contributed by atoms with Gasteiger partial charge in [-0.15, -0.1) is 5.10 Å². The standard InChI is InChI=1S/C17H19F2N7O/c1-9(2)27-15-6-14(25-26-15)23-16-12(19)8-21-17(24-16)22-10(3)13-5-4-11(18)7-20-13/h4-10H,1-3H3,(H3,21,22,23,24,25,26)/t10-/m0/s1. The Morgan fingerprint density at radius 1 is 1.11 bits per heavy atom. The van der Waals surface area contributed by atoms with E-state index in [9.17, 15) is 8.78 Å². The van der Waals surface area contributed by atoms with Gasteiger partial charge in [0.25, 0.3) is 0 Å². The number of pyridine rings is 1. The molecule has 0 aliphatic carbocycles. The van der Waals surface area contributed by atoms with Crippen molar-refractivity contribution < 1.29 is 13.5 Å². The normalized spacial score (nSPS) is 12.1. The third-order valence-electron chi connectivity index (χ3n) is 3.45. The molecule has 27 heavy (non-hydrogen) atoms. The lowest BCUT2D eigenvalue weighted by Gasteiger charge is -2.14. The van der Waals surface area contributed by atoms with Crippen LogP contribution in [0.3, 0.4) is 0 Å². The highest BCUT2D eigenvalue weighted by molar-refractivity contribution is 5.54. The van der Waals surface area contributed by atoms with Gasteiger partial charge in [-0.2, -0.15) is 4.98 Å². The number of aromatic nitrogens is 5. The quantitative estimate of drug-likeness (QED) is 0.580. The Hall–Kier alpha value is -3.30. The number of aromatic amines is 1. The lowest BCUT2D eigenvalue weighted by atomic mass is 10.2. The molecule has 0 saturated carbocycles. The van der Waals surface area contributed by atoms with Crippen molar-refractivity contribution in [3.8, 4) is 5.88 Å². The summed E-state index contributed by atoms with van der Waals surface area (Å²) in [6.45, 7) is 5.56. The molecule has 0 aliphatic heterocycles. The summed E-state index contributed by atoms with van der Waals surface area (Å²) in [5, 5.41) is 12.5. The van der Waals surface area contributed by atoms with E-state index in [0.717, 1.165) is 12.4 Å². The van der Waals surface area contributed by atoms with Crippen LogP contribution in [0.4, 0.5) is 26.4 Å². The Morgan fingerprint density at radius 3 is 2.63 bits per heavy atom. The Morgan fingerprint density at radius 2 is 1.93 bits per heavy atom. The number of nitrogens with one attached hydrogen (secondary N) is 3. The van der Waals surface area contributed by atoms with Crippen molar-refractivity contribution in [2.75, 3.05) is 10.6 Å². The third-order valence-corrected chi connectivity index (χ3v) is 3.45. The molecule has 0 radical (unpaired) electrons. The second kappa shape index (κ2) is 7.94. The fraction of sp³-hybridized carbons (Fsp3) is 0.294. The van der Waals surface area contributed by atoms with Gasteiger partial charge in [0.1, 0.15) is 11.6 Å². The molecule has 0 unspecified atom stereocenters. The van der Waals surface area contributed by atoms with Crippen LogP contribution in [0.5, 0.6) is 5.88 Å². The number of nitrogens with zero attached hydrogens (tertiary/aromatic N) is 4. The van der Waals surface area contributed by atoms with E-state index in [2.05, 4.69) is 35.8 Å². The fourth-order valence-corrected chi connectivity index (χ4v) is 2.23. The number of ether oxygens (including phenoxy) is 1. The lowest BCUT2D eigenvalue weighted by molar-refractivity contribution is 0.232. The van der Waals surface area contributed by atoms with E-state index in [4.69, 9.17) is 4.74 Å². The predicted octanol–water partition coefficient (Wildman–Crippen LogP) is 3.58. The minimum Gasteiger partial charge on any atom is -0.474 e. The minimum atomic E-state index is -0.631. The Kier molecular flexibility index (Phi) is 5.43. The van der Waals surface area contributed by atoms with E-state index >= 15 is 0 Å². The van der Waals surface area contributed by atoms with Crippen LogP contribution in [0.1, 0.15) is 32.5 Å². The van der Waals surface area contributed by atoms with Crippen molar-refractivity contribution in [1.82, 2.24) is 25.1 Å². The number of anilines is 3. The topological polar surface area (TPSA) is 101 Å². The van der Waals surface area contributed by atoms with E-state index in [-0.39, 0.29) is 23.9 Å². The van der Waals surface area contributed by atoms with Gasteiger partial charge in [0.15, 0.2) is 11.6 Å². The van der Waals surface area contributed by atoms with Crippen molar-refractivity contribution >= 4 is 17.6 Å². The average Bonchev–Trinajstić information content (AvgIpc) is 3.04. The molecule has 0 bridgehead atoms. The Balaban J connectivity index is 1.72. The zero-order chi connectivity index (χ0) is 19.4. The summed E-state index contributed by atoms with van der Waals surface area (Å²) in [5.74, 6) is -0.0918. The van der Waals surface area contributed by atoms with Crippen LogP contribution in [0.25, 0.3) is 0 Å². The first-order valence-electron chi connectivity index (χ1n) is 8.30. The van der Waals surface area contributed by atoms with Crippen LogP contribution in [-0.4, -0.2) is 31.3 Å². The molecule has 0 spiro atoms. The first kappa shape index (κ1) is 18.5. The highest BCUT2D eigenvalue weighted by Crippen LogP contribution is 2.22. The van der Waals surface area contributed by atoms with Gasteiger partial charge < -0.3 is 15.4 Å². The fourth-order valence-electron chi connectivity index (χ4n) is 2.23. The number of halogens is 2. The smallest absolute Gasteiger partial charge is 0.234 e. The Labute approximate surface area is 154 Å².